The Morgan fingerprint density at radius 1 is 0.926 bits per heavy atom. The maximum atomic E-state index is 13.2. The first-order chi connectivity index (χ1) is 13.3. The van der Waals surface area contributed by atoms with Crippen molar-refractivity contribution in [3.8, 4) is 0 Å². The highest BCUT2D eigenvalue weighted by atomic mass is 16.6. The zero-order valence-corrected chi connectivity index (χ0v) is 15.7. The third-order valence-corrected chi connectivity index (χ3v) is 6.87. The molecule has 2 atom stereocenters. The summed E-state index contributed by atoms with van der Waals surface area (Å²) in [5, 5.41) is 0. The summed E-state index contributed by atoms with van der Waals surface area (Å²) in [4.78, 5) is 15.2. The molecule has 3 nitrogen and oxygen atoms in total. The Bertz CT molecular complexity index is 810. The van der Waals surface area contributed by atoms with E-state index in [1.54, 1.807) is 0 Å². The number of fused-ring (bicyclic) bond motifs is 4. The monoisotopic (exact) mass is 361 g/mol. The highest BCUT2D eigenvalue weighted by Gasteiger charge is 2.40. The summed E-state index contributed by atoms with van der Waals surface area (Å²) in [5.74, 6) is 1.34. The molecular weight excluding hydrogens is 334 g/mol. The van der Waals surface area contributed by atoms with Gasteiger partial charge in [-0.15, -0.1) is 0 Å². The van der Waals surface area contributed by atoms with Crippen LogP contribution in [0.5, 0.6) is 0 Å². The molecule has 0 radical (unpaired) electrons. The minimum Gasteiger partial charge on any atom is -0.446 e. The first-order valence-corrected chi connectivity index (χ1v) is 10.4. The number of benzene rings is 2. The minimum atomic E-state index is -0.129. The van der Waals surface area contributed by atoms with E-state index in [1.165, 1.54) is 36.8 Å². The second-order valence-corrected chi connectivity index (χ2v) is 8.39. The normalized spacial score (nSPS) is 29.3. The SMILES string of the molecule is O=C(OC1CC2CCC1CC2)N1CCc2ccccc2C1c1ccccc1. The quantitative estimate of drug-likeness (QED) is 0.722. The van der Waals surface area contributed by atoms with E-state index in [2.05, 4.69) is 48.5 Å². The first kappa shape index (κ1) is 16.9. The van der Waals surface area contributed by atoms with Crippen LogP contribution in [0.2, 0.25) is 0 Å². The van der Waals surface area contributed by atoms with Crippen LogP contribution in [0, 0.1) is 11.8 Å². The van der Waals surface area contributed by atoms with E-state index >= 15 is 0 Å². The summed E-state index contributed by atoms with van der Waals surface area (Å²) in [6.07, 6.45) is 7.06. The second kappa shape index (κ2) is 7.03. The Morgan fingerprint density at radius 3 is 2.41 bits per heavy atom. The molecule has 27 heavy (non-hydrogen) atoms. The van der Waals surface area contributed by atoms with Gasteiger partial charge in [0.1, 0.15) is 6.10 Å². The van der Waals surface area contributed by atoms with Gasteiger partial charge in [-0.2, -0.15) is 0 Å². The largest absolute Gasteiger partial charge is 0.446 e. The number of ether oxygens (including phenoxy) is 1. The summed E-state index contributed by atoms with van der Waals surface area (Å²) < 4.78 is 6.12. The summed E-state index contributed by atoms with van der Waals surface area (Å²) >= 11 is 0. The molecule has 140 valence electrons. The number of hydrogen-bond acceptors (Lipinski definition) is 2. The molecule has 2 unspecified atom stereocenters. The van der Waals surface area contributed by atoms with Crippen LogP contribution >= 0.6 is 0 Å². The average Bonchev–Trinajstić information content (AvgIpc) is 2.74. The van der Waals surface area contributed by atoms with Gasteiger partial charge in [-0.05, 0) is 67.1 Å². The van der Waals surface area contributed by atoms with Gasteiger partial charge < -0.3 is 4.74 Å². The van der Waals surface area contributed by atoms with Crippen molar-refractivity contribution in [2.45, 2.75) is 50.7 Å². The minimum absolute atomic E-state index is 0.0515. The van der Waals surface area contributed by atoms with Crippen molar-refractivity contribution in [3.05, 3.63) is 71.3 Å². The van der Waals surface area contributed by atoms with E-state index in [4.69, 9.17) is 4.74 Å². The van der Waals surface area contributed by atoms with Crippen LogP contribution in [0.25, 0.3) is 0 Å². The third-order valence-electron chi connectivity index (χ3n) is 6.87. The fraction of sp³-hybridized carbons (Fsp3) is 0.458. The van der Waals surface area contributed by atoms with Gasteiger partial charge >= 0.3 is 6.09 Å². The number of carbonyl (C=O) groups is 1. The Balaban J connectivity index is 1.43. The van der Waals surface area contributed by atoms with Crippen molar-refractivity contribution >= 4 is 6.09 Å². The second-order valence-electron chi connectivity index (χ2n) is 8.39. The fourth-order valence-corrected chi connectivity index (χ4v) is 5.42. The van der Waals surface area contributed by atoms with Crippen LogP contribution in [0.1, 0.15) is 54.8 Å². The summed E-state index contributed by atoms with van der Waals surface area (Å²) in [6.45, 7) is 0.718. The van der Waals surface area contributed by atoms with Gasteiger partial charge in [0.25, 0.3) is 0 Å². The maximum Gasteiger partial charge on any atom is 0.410 e. The molecule has 0 N–H and O–H groups in total. The van der Waals surface area contributed by atoms with Crippen molar-refractivity contribution < 1.29 is 9.53 Å². The average molecular weight is 361 g/mol. The van der Waals surface area contributed by atoms with E-state index in [9.17, 15) is 4.79 Å². The molecule has 3 aliphatic carbocycles. The zero-order valence-electron chi connectivity index (χ0n) is 15.7. The number of rotatable bonds is 2. The molecule has 1 aliphatic heterocycles. The topological polar surface area (TPSA) is 29.5 Å². The number of amides is 1. The lowest BCUT2D eigenvalue weighted by atomic mass is 9.69. The van der Waals surface area contributed by atoms with Gasteiger partial charge in [-0.1, -0.05) is 54.6 Å². The molecule has 1 heterocycles. The highest BCUT2D eigenvalue weighted by molar-refractivity contribution is 5.70. The smallest absolute Gasteiger partial charge is 0.410 e. The van der Waals surface area contributed by atoms with E-state index < -0.39 is 0 Å². The number of carbonyl (C=O) groups excluding carboxylic acids is 1. The van der Waals surface area contributed by atoms with Gasteiger partial charge in [0, 0.05) is 6.54 Å². The van der Waals surface area contributed by atoms with Gasteiger partial charge in [-0.25, -0.2) is 4.79 Å². The van der Waals surface area contributed by atoms with Crippen LogP contribution in [0.3, 0.4) is 0 Å². The first-order valence-electron chi connectivity index (χ1n) is 10.4. The molecule has 2 aromatic carbocycles. The van der Waals surface area contributed by atoms with E-state index in [0.717, 1.165) is 30.9 Å². The summed E-state index contributed by atoms with van der Waals surface area (Å²) in [7, 11) is 0. The van der Waals surface area contributed by atoms with Crippen LogP contribution in [0.4, 0.5) is 4.79 Å². The Labute approximate surface area is 161 Å². The van der Waals surface area contributed by atoms with E-state index in [-0.39, 0.29) is 18.2 Å². The lowest BCUT2D eigenvalue weighted by Gasteiger charge is -2.43. The molecule has 3 saturated carbocycles. The lowest BCUT2D eigenvalue weighted by Crippen LogP contribution is -2.45. The molecular formula is C24H27NO2. The molecule has 6 rings (SSSR count). The number of hydrogen-bond donors (Lipinski definition) is 0. The summed E-state index contributed by atoms with van der Waals surface area (Å²) in [6, 6.07) is 18.8. The van der Waals surface area contributed by atoms with Gasteiger partial charge in [0.05, 0.1) is 6.04 Å². The predicted molar refractivity (Wildman–Crippen MR) is 105 cm³/mol. The van der Waals surface area contributed by atoms with Crippen LogP contribution in [0.15, 0.2) is 54.6 Å². The molecule has 0 aromatic heterocycles. The standard InChI is InChI=1S/C24H27NO2/c26-24(27-22-16-17-10-12-19(22)13-11-17)25-15-14-18-6-4-5-9-21(18)23(25)20-7-2-1-3-8-20/h1-9,17,19,22-23H,10-16H2. The van der Waals surface area contributed by atoms with Crippen molar-refractivity contribution in [3.63, 3.8) is 0 Å². The molecule has 3 fully saturated rings. The van der Waals surface area contributed by atoms with Crippen LogP contribution in [-0.4, -0.2) is 23.6 Å². The Kier molecular flexibility index (Phi) is 4.39. The maximum absolute atomic E-state index is 13.2. The van der Waals surface area contributed by atoms with Crippen LogP contribution in [-0.2, 0) is 11.2 Å². The molecule has 1 amide bonds. The molecule has 2 aromatic rings. The van der Waals surface area contributed by atoms with Crippen molar-refractivity contribution in [1.29, 1.82) is 0 Å². The third kappa shape index (κ3) is 3.13. The van der Waals surface area contributed by atoms with Crippen molar-refractivity contribution in [2.75, 3.05) is 6.54 Å². The molecule has 4 aliphatic rings. The lowest BCUT2D eigenvalue weighted by molar-refractivity contribution is -0.0297. The van der Waals surface area contributed by atoms with E-state index in [0.29, 0.717) is 5.92 Å². The van der Waals surface area contributed by atoms with Crippen molar-refractivity contribution in [2.24, 2.45) is 11.8 Å². The fourth-order valence-electron chi connectivity index (χ4n) is 5.42. The van der Waals surface area contributed by atoms with Gasteiger partial charge in [0.2, 0.25) is 0 Å². The molecule has 2 bridgehead atoms. The molecule has 3 heteroatoms. The van der Waals surface area contributed by atoms with Crippen molar-refractivity contribution in [1.82, 2.24) is 4.90 Å². The van der Waals surface area contributed by atoms with Crippen LogP contribution < -0.4 is 0 Å². The zero-order chi connectivity index (χ0) is 18.2. The van der Waals surface area contributed by atoms with Gasteiger partial charge in [-0.3, -0.25) is 4.90 Å². The molecule has 0 spiro atoms. The highest BCUT2D eigenvalue weighted by Crippen LogP contribution is 2.43. The Hall–Kier alpha value is -2.29. The van der Waals surface area contributed by atoms with Gasteiger partial charge in [0.15, 0.2) is 0 Å². The summed E-state index contributed by atoms with van der Waals surface area (Å²) in [5.41, 5.74) is 3.73. The molecule has 0 saturated heterocycles. The van der Waals surface area contributed by atoms with E-state index in [1.807, 2.05) is 11.0 Å². The Morgan fingerprint density at radius 2 is 1.67 bits per heavy atom. The predicted octanol–water partition coefficient (Wildman–Crippen LogP) is 5.35. The number of nitrogens with zero attached hydrogens (tertiary/aromatic N) is 1.